The first-order chi connectivity index (χ1) is 11.8. The molecule has 0 unspecified atom stereocenters. The third-order valence-corrected chi connectivity index (χ3v) is 7.19. The number of carbonyl (C=O) groups is 2. The molecule has 4 heteroatoms. The lowest BCUT2D eigenvalue weighted by molar-refractivity contribution is -0.142. The summed E-state index contributed by atoms with van der Waals surface area (Å²) in [6, 6.07) is 0. The van der Waals surface area contributed by atoms with Crippen molar-refractivity contribution in [3.63, 3.8) is 0 Å². The lowest BCUT2D eigenvalue weighted by Gasteiger charge is -2.47. The molecule has 142 valence electrons. The highest BCUT2D eigenvalue weighted by molar-refractivity contribution is 5.85. The van der Waals surface area contributed by atoms with E-state index in [4.69, 9.17) is 0 Å². The van der Waals surface area contributed by atoms with E-state index >= 15 is 0 Å². The Morgan fingerprint density at radius 1 is 0.800 bits per heavy atom. The summed E-state index contributed by atoms with van der Waals surface area (Å²) in [4.78, 5) is 29.4. The number of carbonyl (C=O) groups excluding carboxylic acids is 2. The van der Waals surface area contributed by atoms with Crippen molar-refractivity contribution >= 4 is 11.8 Å². The quantitative estimate of drug-likeness (QED) is 0.777. The van der Waals surface area contributed by atoms with E-state index in [-0.39, 0.29) is 5.41 Å². The van der Waals surface area contributed by atoms with Crippen molar-refractivity contribution in [2.45, 2.75) is 72.6 Å². The zero-order valence-corrected chi connectivity index (χ0v) is 16.6. The summed E-state index contributed by atoms with van der Waals surface area (Å²) in [7, 11) is 0. The third-order valence-electron chi connectivity index (χ3n) is 7.19. The Labute approximate surface area is 153 Å². The Balaban J connectivity index is 1.50. The molecule has 0 aromatic heterocycles. The molecule has 0 aromatic rings. The molecule has 2 saturated heterocycles. The minimum Gasteiger partial charge on any atom is -0.343 e. The molecule has 0 aromatic carbocycles. The van der Waals surface area contributed by atoms with E-state index in [0.29, 0.717) is 35.5 Å². The number of hydrogen-bond donors (Lipinski definition) is 0. The van der Waals surface area contributed by atoms with Crippen LogP contribution in [0.15, 0.2) is 0 Å². The second-order valence-electron chi connectivity index (χ2n) is 9.58. The van der Waals surface area contributed by atoms with Gasteiger partial charge in [0, 0.05) is 32.6 Å². The summed E-state index contributed by atoms with van der Waals surface area (Å²) in [6.45, 7) is 12.3. The Kier molecular flexibility index (Phi) is 5.18. The predicted molar refractivity (Wildman–Crippen MR) is 100 cm³/mol. The van der Waals surface area contributed by atoms with Crippen LogP contribution in [0.3, 0.4) is 0 Å². The molecule has 0 atom stereocenters. The van der Waals surface area contributed by atoms with Crippen molar-refractivity contribution in [3.05, 3.63) is 0 Å². The van der Waals surface area contributed by atoms with E-state index in [1.54, 1.807) is 0 Å². The molecule has 0 bridgehead atoms. The number of amides is 2. The van der Waals surface area contributed by atoms with E-state index in [1.807, 2.05) is 0 Å². The van der Waals surface area contributed by atoms with Gasteiger partial charge in [-0.25, -0.2) is 0 Å². The van der Waals surface area contributed by atoms with Crippen molar-refractivity contribution in [3.8, 4) is 0 Å². The van der Waals surface area contributed by atoms with Crippen LogP contribution >= 0.6 is 0 Å². The van der Waals surface area contributed by atoms with Crippen molar-refractivity contribution in [1.82, 2.24) is 9.80 Å². The second-order valence-corrected chi connectivity index (χ2v) is 9.58. The van der Waals surface area contributed by atoms with Crippen LogP contribution in [0.25, 0.3) is 0 Å². The maximum Gasteiger partial charge on any atom is 0.229 e. The van der Waals surface area contributed by atoms with Crippen molar-refractivity contribution < 1.29 is 9.59 Å². The van der Waals surface area contributed by atoms with Crippen LogP contribution in [0.2, 0.25) is 0 Å². The van der Waals surface area contributed by atoms with Gasteiger partial charge in [0.25, 0.3) is 0 Å². The summed E-state index contributed by atoms with van der Waals surface area (Å²) in [6.07, 6.45) is 7.32. The van der Waals surface area contributed by atoms with Gasteiger partial charge >= 0.3 is 0 Å². The van der Waals surface area contributed by atoms with Gasteiger partial charge in [-0.1, -0.05) is 27.7 Å². The molecule has 3 rings (SSSR count). The van der Waals surface area contributed by atoms with Crippen LogP contribution in [0.1, 0.15) is 72.6 Å². The SMILES string of the molecule is CC(C)CC(=O)N1CCC2(CC1)CCN(C(=O)C1(C(C)C)CC1)CC2. The molecule has 1 aliphatic carbocycles. The van der Waals surface area contributed by atoms with Gasteiger partial charge in [0.2, 0.25) is 11.8 Å². The van der Waals surface area contributed by atoms with E-state index in [1.165, 1.54) is 0 Å². The van der Waals surface area contributed by atoms with Crippen LogP contribution in [-0.2, 0) is 9.59 Å². The van der Waals surface area contributed by atoms with Gasteiger partial charge in [0.05, 0.1) is 5.41 Å². The summed E-state index contributed by atoms with van der Waals surface area (Å²) >= 11 is 0. The first kappa shape index (κ1) is 18.7. The van der Waals surface area contributed by atoms with Crippen LogP contribution in [0.4, 0.5) is 0 Å². The second kappa shape index (κ2) is 6.92. The molecular weight excluding hydrogens is 312 g/mol. The van der Waals surface area contributed by atoms with Gasteiger partial charge in [0.1, 0.15) is 0 Å². The number of hydrogen-bond acceptors (Lipinski definition) is 2. The highest BCUT2D eigenvalue weighted by Crippen LogP contribution is 2.54. The summed E-state index contributed by atoms with van der Waals surface area (Å²) in [5.41, 5.74) is 0.344. The Morgan fingerprint density at radius 3 is 1.68 bits per heavy atom. The fraction of sp³-hybridized carbons (Fsp3) is 0.905. The van der Waals surface area contributed by atoms with E-state index in [9.17, 15) is 9.59 Å². The molecule has 3 aliphatic rings. The number of nitrogens with zero attached hydrogens (tertiary/aromatic N) is 2. The van der Waals surface area contributed by atoms with E-state index < -0.39 is 0 Å². The Hall–Kier alpha value is -1.06. The zero-order chi connectivity index (χ0) is 18.2. The average Bonchev–Trinajstić information content (AvgIpc) is 3.37. The van der Waals surface area contributed by atoms with Gasteiger partial charge in [-0.3, -0.25) is 9.59 Å². The van der Waals surface area contributed by atoms with Gasteiger partial charge in [0.15, 0.2) is 0 Å². The monoisotopic (exact) mass is 348 g/mol. The largest absolute Gasteiger partial charge is 0.343 e. The molecule has 0 N–H and O–H groups in total. The Bertz CT molecular complexity index is 504. The molecule has 2 amide bonds. The molecule has 3 fully saturated rings. The van der Waals surface area contributed by atoms with Crippen molar-refractivity contribution in [1.29, 1.82) is 0 Å². The fourth-order valence-electron chi connectivity index (χ4n) is 4.88. The lowest BCUT2D eigenvalue weighted by atomic mass is 9.71. The molecule has 0 radical (unpaired) electrons. The summed E-state index contributed by atoms with van der Waals surface area (Å²) in [5, 5.41) is 0. The molecule has 25 heavy (non-hydrogen) atoms. The molecule has 1 spiro atoms. The topological polar surface area (TPSA) is 40.6 Å². The highest BCUT2D eigenvalue weighted by Gasteiger charge is 2.54. The third kappa shape index (κ3) is 3.73. The standard InChI is InChI=1S/C21H36N2O2/c1-16(2)15-18(24)22-11-7-20(8-12-22)9-13-23(14-10-20)19(25)21(5-6-21)17(3)4/h16-17H,5-15H2,1-4H3. The van der Waals surface area contributed by atoms with Crippen LogP contribution in [-0.4, -0.2) is 47.8 Å². The van der Waals surface area contributed by atoms with Crippen molar-refractivity contribution in [2.24, 2.45) is 22.7 Å². The summed E-state index contributed by atoms with van der Waals surface area (Å²) < 4.78 is 0. The Morgan fingerprint density at radius 2 is 1.28 bits per heavy atom. The average molecular weight is 349 g/mol. The van der Waals surface area contributed by atoms with Gasteiger partial charge in [-0.2, -0.15) is 0 Å². The first-order valence-corrected chi connectivity index (χ1v) is 10.4. The number of piperidine rings is 2. The van der Waals surface area contributed by atoms with Crippen LogP contribution in [0, 0.1) is 22.7 Å². The summed E-state index contributed by atoms with van der Waals surface area (Å²) in [5.74, 6) is 1.64. The van der Waals surface area contributed by atoms with Gasteiger partial charge in [-0.05, 0) is 55.8 Å². The van der Waals surface area contributed by atoms with E-state index in [2.05, 4.69) is 37.5 Å². The molecule has 1 saturated carbocycles. The van der Waals surface area contributed by atoms with Crippen molar-refractivity contribution in [2.75, 3.05) is 26.2 Å². The van der Waals surface area contributed by atoms with Gasteiger partial charge < -0.3 is 9.80 Å². The normalized spacial score (nSPS) is 24.9. The predicted octanol–water partition coefficient (Wildman–Crippen LogP) is 3.70. The first-order valence-electron chi connectivity index (χ1n) is 10.4. The smallest absolute Gasteiger partial charge is 0.229 e. The lowest BCUT2D eigenvalue weighted by Crippen LogP contribution is -2.51. The molecule has 4 nitrogen and oxygen atoms in total. The zero-order valence-electron chi connectivity index (χ0n) is 16.6. The maximum absolute atomic E-state index is 12.9. The maximum atomic E-state index is 12.9. The minimum atomic E-state index is -0.0306. The van der Waals surface area contributed by atoms with Crippen LogP contribution < -0.4 is 0 Å². The van der Waals surface area contributed by atoms with Gasteiger partial charge in [-0.15, -0.1) is 0 Å². The van der Waals surface area contributed by atoms with Crippen LogP contribution in [0.5, 0.6) is 0 Å². The highest BCUT2D eigenvalue weighted by atomic mass is 16.2. The molecule has 2 aliphatic heterocycles. The fourth-order valence-corrected chi connectivity index (χ4v) is 4.88. The van der Waals surface area contributed by atoms with E-state index in [0.717, 1.165) is 64.7 Å². The number of rotatable bonds is 4. The minimum absolute atomic E-state index is 0.0306. The number of likely N-dealkylation sites (tertiary alicyclic amines) is 2. The molecular formula is C21H36N2O2. The molecule has 2 heterocycles.